The van der Waals surface area contributed by atoms with Gasteiger partial charge in [0.25, 0.3) is 0 Å². The molecule has 0 amide bonds. The van der Waals surface area contributed by atoms with Gasteiger partial charge in [-0.1, -0.05) is 0 Å². The second-order valence-corrected chi connectivity index (χ2v) is 3.45. The maximum Gasteiger partial charge on any atom is 0.133 e. The van der Waals surface area contributed by atoms with Crippen LogP contribution in [0.15, 0.2) is 12.3 Å². The van der Waals surface area contributed by atoms with Crippen molar-refractivity contribution >= 4 is 11.5 Å². The van der Waals surface area contributed by atoms with E-state index in [-0.39, 0.29) is 0 Å². The first kappa shape index (κ1) is 9.27. The van der Waals surface area contributed by atoms with Gasteiger partial charge in [0.05, 0.1) is 13.2 Å². The van der Waals surface area contributed by atoms with Crippen LogP contribution in [-0.2, 0) is 4.74 Å². The number of hydrogen-bond donors (Lipinski definition) is 1. The maximum absolute atomic E-state index is 5.83. The van der Waals surface area contributed by atoms with Gasteiger partial charge in [0.1, 0.15) is 5.82 Å². The number of hydrogen-bond acceptors (Lipinski definition) is 4. The van der Waals surface area contributed by atoms with Crippen molar-refractivity contribution in [2.45, 2.75) is 6.92 Å². The van der Waals surface area contributed by atoms with E-state index in [0.29, 0.717) is 0 Å². The molecular formula is C10H15N3O. The van der Waals surface area contributed by atoms with Crippen molar-refractivity contribution in [1.29, 1.82) is 0 Å². The minimum absolute atomic E-state index is 0.774. The fraction of sp³-hybridized carbons (Fsp3) is 0.500. The molecule has 2 rings (SSSR count). The third-order valence-corrected chi connectivity index (χ3v) is 2.53. The van der Waals surface area contributed by atoms with Crippen LogP contribution < -0.4 is 10.6 Å². The molecule has 76 valence electrons. The molecule has 1 fully saturated rings. The Bertz CT molecular complexity index is 321. The Labute approximate surface area is 83.7 Å². The summed E-state index contributed by atoms with van der Waals surface area (Å²) in [4.78, 5) is 6.57. The average Bonchev–Trinajstić information content (AvgIpc) is 2.23. The topological polar surface area (TPSA) is 51.4 Å². The monoisotopic (exact) mass is 193 g/mol. The average molecular weight is 193 g/mol. The van der Waals surface area contributed by atoms with Gasteiger partial charge in [-0.25, -0.2) is 4.98 Å². The molecule has 0 radical (unpaired) electrons. The lowest BCUT2D eigenvalue weighted by Crippen LogP contribution is -2.37. The number of nitrogens with zero attached hydrogens (tertiary/aromatic N) is 2. The molecule has 14 heavy (non-hydrogen) atoms. The minimum atomic E-state index is 0.774. The summed E-state index contributed by atoms with van der Waals surface area (Å²) in [6.07, 6.45) is 1.76. The summed E-state index contributed by atoms with van der Waals surface area (Å²) in [6.45, 7) is 5.35. The molecular weight excluding hydrogens is 178 g/mol. The second kappa shape index (κ2) is 3.84. The molecule has 0 unspecified atom stereocenters. The van der Waals surface area contributed by atoms with Gasteiger partial charge in [0, 0.05) is 30.5 Å². The van der Waals surface area contributed by atoms with Crippen molar-refractivity contribution in [2.24, 2.45) is 0 Å². The van der Waals surface area contributed by atoms with Gasteiger partial charge in [0.15, 0.2) is 0 Å². The zero-order valence-corrected chi connectivity index (χ0v) is 8.36. The van der Waals surface area contributed by atoms with Crippen LogP contribution in [0.4, 0.5) is 11.5 Å². The van der Waals surface area contributed by atoms with E-state index >= 15 is 0 Å². The highest BCUT2D eigenvalue weighted by atomic mass is 16.5. The van der Waals surface area contributed by atoms with Crippen molar-refractivity contribution in [3.63, 3.8) is 0 Å². The van der Waals surface area contributed by atoms with Gasteiger partial charge in [0.2, 0.25) is 0 Å². The number of nitrogens with two attached hydrogens (primary N) is 1. The highest BCUT2D eigenvalue weighted by Crippen LogP contribution is 2.22. The fourth-order valence-electron chi connectivity index (χ4n) is 1.63. The Hall–Kier alpha value is -1.29. The SMILES string of the molecule is Cc1c(N)ccnc1N1CCOCC1. The van der Waals surface area contributed by atoms with Gasteiger partial charge in [-0.2, -0.15) is 0 Å². The van der Waals surface area contributed by atoms with E-state index in [2.05, 4.69) is 9.88 Å². The Morgan fingerprint density at radius 3 is 2.86 bits per heavy atom. The number of nitrogen functional groups attached to an aromatic ring is 1. The molecule has 4 nitrogen and oxygen atoms in total. The van der Waals surface area contributed by atoms with Crippen LogP contribution in [0.5, 0.6) is 0 Å². The third kappa shape index (κ3) is 1.65. The summed E-state index contributed by atoms with van der Waals surface area (Å²) >= 11 is 0. The van der Waals surface area contributed by atoms with Crippen molar-refractivity contribution in [1.82, 2.24) is 4.98 Å². The van der Waals surface area contributed by atoms with Crippen LogP contribution >= 0.6 is 0 Å². The fourth-order valence-corrected chi connectivity index (χ4v) is 1.63. The number of rotatable bonds is 1. The molecule has 4 heteroatoms. The molecule has 0 spiro atoms. The molecule has 1 saturated heterocycles. The van der Waals surface area contributed by atoms with Gasteiger partial charge in [-0.05, 0) is 13.0 Å². The lowest BCUT2D eigenvalue weighted by Gasteiger charge is -2.29. The highest BCUT2D eigenvalue weighted by molar-refractivity contribution is 5.59. The van der Waals surface area contributed by atoms with Crippen LogP contribution in [0.3, 0.4) is 0 Å². The first-order chi connectivity index (χ1) is 6.79. The van der Waals surface area contributed by atoms with E-state index < -0.39 is 0 Å². The Kier molecular flexibility index (Phi) is 2.54. The molecule has 0 aromatic carbocycles. The summed E-state index contributed by atoms with van der Waals surface area (Å²) < 4.78 is 5.29. The van der Waals surface area contributed by atoms with E-state index in [1.165, 1.54) is 0 Å². The van der Waals surface area contributed by atoms with Crippen molar-refractivity contribution in [2.75, 3.05) is 36.9 Å². The lowest BCUT2D eigenvalue weighted by molar-refractivity contribution is 0.122. The summed E-state index contributed by atoms with van der Waals surface area (Å²) in [5.41, 5.74) is 7.70. The van der Waals surface area contributed by atoms with E-state index in [1.807, 2.05) is 13.0 Å². The standard InChI is InChI=1S/C10H15N3O/c1-8-9(11)2-3-12-10(8)13-4-6-14-7-5-13/h2-3H,4-7H2,1H3,(H2,11,12). The van der Waals surface area contributed by atoms with Crippen LogP contribution in [0.1, 0.15) is 5.56 Å². The normalized spacial score (nSPS) is 17.1. The summed E-state index contributed by atoms with van der Waals surface area (Å²) in [7, 11) is 0. The predicted molar refractivity (Wildman–Crippen MR) is 56.4 cm³/mol. The number of ether oxygens (including phenoxy) is 1. The molecule has 0 atom stereocenters. The number of pyridine rings is 1. The number of morpholine rings is 1. The minimum Gasteiger partial charge on any atom is -0.398 e. The van der Waals surface area contributed by atoms with E-state index in [1.54, 1.807) is 6.20 Å². The Balaban J connectivity index is 2.26. The zero-order valence-electron chi connectivity index (χ0n) is 8.36. The van der Waals surface area contributed by atoms with E-state index in [0.717, 1.165) is 43.4 Å². The number of aromatic nitrogens is 1. The smallest absolute Gasteiger partial charge is 0.133 e. The summed E-state index contributed by atoms with van der Waals surface area (Å²) in [5.74, 6) is 0.994. The van der Waals surface area contributed by atoms with E-state index in [4.69, 9.17) is 10.5 Å². The van der Waals surface area contributed by atoms with Crippen molar-refractivity contribution < 1.29 is 4.74 Å². The van der Waals surface area contributed by atoms with Crippen LogP contribution in [0.2, 0.25) is 0 Å². The van der Waals surface area contributed by atoms with E-state index in [9.17, 15) is 0 Å². The molecule has 0 saturated carbocycles. The third-order valence-electron chi connectivity index (χ3n) is 2.53. The second-order valence-electron chi connectivity index (χ2n) is 3.45. The van der Waals surface area contributed by atoms with Crippen molar-refractivity contribution in [3.05, 3.63) is 17.8 Å². The molecule has 1 aromatic rings. The van der Waals surface area contributed by atoms with Gasteiger partial charge >= 0.3 is 0 Å². The largest absolute Gasteiger partial charge is 0.398 e. The lowest BCUT2D eigenvalue weighted by atomic mass is 10.2. The van der Waals surface area contributed by atoms with Gasteiger partial charge in [-0.3, -0.25) is 0 Å². The highest BCUT2D eigenvalue weighted by Gasteiger charge is 2.14. The quantitative estimate of drug-likeness (QED) is 0.717. The summed E-state index contributed by atoms with van der Waals surface area (Å²) in [5, 5.41) is 0. The van der Waals surface area contributed by atoms with Crippen LogP contribution in [0, 0.1) is 6.92 Å². The van der Waals surface area contributed by atoms with Crippen molar-refractivity contribution in [3.8, 4) is 0 Å². The van der Waals surface area contributed by atoms with Crippen LogP contribution in [0.25, 0.3) is 0 Å². The first-order valence-electron chi connectivity index (χ1n) is 4.83. The molecule has 0 aliphatic carbocycles. The molecule has 2 N–H and O–H groups in total. The van der Waals surface area contributed by atoms with Gasteiger partial charge in [-0.15, -0.1) is 0 Å². The summed E-state index contributed by atoms with van der Waals surface area (Å²) in [6, 6.07) is 1.83. The molecule has 2 heterocycles. The number of anilines is 2. The Morgan fingerprint density at radius 1 is 1.43 bits per heavy atom. The first-order valence-corrected chi connectivity index (χ1v) is 4.83. The molecule has 1 aliphatic rings. The molecule has 1 aliphatic heterocycles. The maximum atomic E-state index is 5.83. The predicted octanol–water partition coefficient (Wildman–Crippen LogP) is 0.809. The molecule has 1 aromatic heterocycles. The van der Waals surface area contributed by atoms with Gasteiger partial charge < -0.3 is 15.4 Å². The molecule has 0 bridgehead atoms. The van der Waals surface area contributed by atoms with Crippen LogP contribution in [-0.4, -0.2) is 31.3 Å². The Morgan fingerprint density at radius 2 is 2.14 bits per heavy atom. The zero-order chi connectivity index (χ0) is 9.97.